The maximum atomic E-state index is 12.7. The van der Waals surface area contributed by atoms with E-state index >= 15 is 0 Å². The van der Waals surface area contributed by atoms with Crippen molar-refractivity contribution in [3.8, 4) is 5.75 Å². The van der Waals surface area contributed by atoms with Crippen LogP contribution in [-0.2, 0) is 10.0 Å². The van der Waals surface area contributed by atoms with Crippen LogP contribution in [0.4, 0.5) is 0 Å². The molecule has 1 N–H and O–H groups in total. The van der Waals surface area contributed by atoms with Crippen LogP contribution in [0.25, 0.3) is 0 Å². The normalized spacial score (nSPS) is 26.7. The summed E-state index contributed by atoms with van der Waals surface area (Å²) in [6, 6.07) is 4.68. The Kier molecular flexibility index (Phi) is 3.66. The van der Waals surface area contributed by atoms with Gasteiger partial charge in [-0.15, -0.1) is 0 Å². The average molecular weight is 317 g/mol. The lowest BCUT2D eigenvalue weighted by molar-refractivity contribution is 0.382. The van der Waals surface area contributed by atoms with Gasteiger partial charge in [0.1, 0.15) is 5.75 Å². The first-order valence-electron chi connectivity index (χ1n) is 6.60. The lowest BCUT2D eigenvalue weighted by atomic mass is 10.1. The molecule has 2 fully saturated rings. The number of ether oxygens (including phenoxy) is 1. The molecule has 5 nitrogen and oxygen atoms in total. The summed E-state index contributed by atoms with van der Waals surface area (Å²) in [5.74, 6) is 0.908. The number of hydrogen-bond donors (Lipinski definition) is 1. The van der Waals surface area contributed by atoms with E-state index in [2.05, 4.69) is 5.32 Å². The fourth-order valence-corrected chi connectivity index (χ4v) is 5.10. The molecule has 2 atom stereocenters. The fraction of sp³-hybridized carbons (Fsp3) is 0.538. The molecule has 20 heavy (non-hydrogen) atoms. The van der Waals surface area contributed by atoms with E-state index in [0.717, 1.165) is 19.5 Å². The molecule has 0 radical (unpaired) electrons. The second kappa shape index (κ2) is 5.18. The smallest absolute Gasteiger partial charge is 0.243 e. The zero-order valence-electron chi connectivity index (χ0n) is 11.2. The highest BCUT2D eigenvalue weighted by molar-refractivity contribution is 7.89. The minimum absolute atomic E-state index is 0.0703. The lowest BCUT2D eigenvalue weighted by Gasteiger charge is -2.23. The lowest BCUT2D eigenvalue weighted by Crippen LogP contribution is -2.39. The summed E-state index contributed by atoms with van der Waals surface area (Å²) in [6.45, 7) is 2.22. The highest BCUT2D eigenvalue weighted by Gasteiger charge is 2.43. The first kappa shape index (κ1) is 14.1. The molecular formula is C13H17ClN2O3S. The van der Waals surface area contributed by atoms with Crippen molar-refractivity contribution >= 4 is 21.6 Å². The molecule has 7 heteroatoms. The number of benzene rings is 1. The summed E-state index contributed by atoms with van der Waals surface area (Å²) in [5, 5.41) is 3.57. The third-order valence-corrected chi connectivity index (χ3v) is 6.34. The van der Waals surface area contributed by atoms with E-state index in [1.165, 1.54) is 13.2 Å². The van der Waals surface area contributed by atoms with Gasteiger partial charge in [0.15, 0.2) is 0 Å². The van der Waals surface area contributed by atoms with Crippen LogP contribution in [0.15, 0.2) is 23.1 Å². The van der Waals surface area contributed by atoms with Crippen molar-refractivity contribution in [3.63, 3.8) is 0 Å². The van der Waals surface area contributed by atoms with E-state index in [0.29, 0.717) is 23.2 Å². The Hall–Kier alpha value is -0.820. The molecule has 0 spiro atoms. The topological polar surface area (TPSA) is 58.6 Å². The van der Waals surface area contributed by atoms with Crippen molar-refractivity contribution in [3.05, 3.63) is 23.2 Å². The zero-order valence-corrected chi connectivity index (χ0v) is 12.7. The predicted molar refractivity (Wildman–Crippen MR) is 76.7 cm³/mol. The molecule has 0 amide bonds. The van der Waals surface area contributed by atoms with Gasteiger partial charge in [0.2, 0.25) is 10.0 Å². The predicted octanol–water partition coefficient (Wildman–Crippen LogP) is 1.33. The van der Waals surface area contributed by atoms with Gasteiger partial charge in [-0.2, -0.15) is 4.31 Å². The first-order chi connectivity index (χ1) is 9.54. The van der Waals surface area contributed by atoms with Gasteiger partial charge in [-0.25, -0.2) is 8.42 Å². The average Bonchev–Trinajstić information content (AvgIpc) is 3.00. The van der Waals surface area contributed by atoms with Crippen LogP contribution in [0.2, 0.25) is 5.02 Å². The third-order valence-electron chi connectivity index (χ3n) is 4.12. The third kappa shape index (κ3) is 2.20. The van der Waals surface area contributed by atoms with Gasteiger partial charge in [0, 0.05) is 19.1 Å². The van der Waals surface area contributed by atoms with Crippen molar-refractivity contribution < 1.29 is 13.2 Å². The standard InChI is InChI=1S/C13H17ClN2O3S/c1-19-13-3-2-10(6-11(13)14)20(17,18)16-5-4-9-7-15-8-12(9)16/h2-3,6,9,12,15H,4-5,7-8H2,1H3/t9-,12+/m0/s1. The molecule has 2 aliphatic rings. The van der Waals surface area contributed by atoms with Crippen molar-refractivity contribution in [1.82, 2.24) is 9.62 Å². The number of nitrogens with zero attached hydrogens (tertiary/aromatic N) is 1. The number of halogens is 1. The summed E-state index contributed by atoms with van der Waals surface area (Å²) in [5.41, 5.74) is 0. The molecule has 0 saturated carbocycles. The van der Waals surface area contributed by atoms with Crippen molar-refractivity contribution in [2.45, 2.75) is 17.4 Å². The molecule has 0 unspecified atom stereocenters. The Labute approximate surface area is 123 Å². The molecular weight excluding hydrogens is 300 g/mol. The molecule has 110 valence electrons. The van der Waals surface area contributed by atoms with Crippen LogP contribution in [0.3, 0.4) is 0 Å². The Morgan fingerprint density at radius 3 is 2.90 bits per heavy atom. The van der Waals surface area contributed by atoms with Crippen LogP contribution < -0.4 is 10.1 Å². The molecule has 1 aromatic carbocycles. The van der Waals surface area contributed by atoms with Crippen LogP contribution in [0.1, 0.15) is 6.42 Å². The number of methoxy groups -OCH3 is 1. The number of sulfonamides is 1. The van der Waals surface area contributed by atoms with Gasteiger partial charge in [-0.1, -0.05) is 11.6 Å². The van der Waals surface area contributed by atoms with Crippen LogP contribution in [0, 0.1) is 5.92 Å². The van der Waals surface area contributed by atoms with E-state index in [4.69, 9.17) is 16.3 Å². The molecule has 2 heterocycles. The molecule has 0 bridgehead atoms. The van der Waals surface area contributed by atoms with Gasteiger partial charge < -0.3 is 10.1 Å². The van der Waals surface area contributed by atoms with Gasteiger partial charge >= 0.3 is 0 Å². The molecule has 1 aromatic rings. The van der Waals surface area contributed by atoms with Gasteiger partial charge in [0.25, 0.3) is 0 Å². The number of hydrogen-bond acceptors (Lipinski definition) is 4. The van der Waals surface area contributed by atoms with E-state index < -0.39 is 10.0 Å². The van der Waals surface area contributed by atoms with Crippen molar-refractivity contribution in [2.24, 2.45) is 5.92 Å². The minimum Gasteiger partial charge on any atom is -0.495 e. The van der Waals surface area contributed by atoms with E-state index in [1.54, 1.807) is 16.4 Å². The van der Waals surface area contributed by atoms with Crippen molar-refractivity contribution in [2.75, 3.05) is 26.7 Å². The molecule has 2 saturated heterocycles. The monoisotopic (exact) mass is 316 g/mol. The summed E-state index contributed by atoms with van der Waals surface area (Å²) < 4.78 is 32.1. The van der Waals surface area contributed by atoms with E-state index in [1.807, 2.05) is 0 Å². The Bertz CT molecular complexity index is 620. The number of nitrogens with one attached hydrogen (secondary N) is 1. The fourth-order valence-electron chi connectivity index (χ4n) is 3.05. The second-order valence-electron chi connectivity index (χ2n) is 5.19. The van der Waals surface area contributed by atoms with E-state index in [9.17, 15) is 8.42 Å². The zero-order chi connectivity index (χ0) is 14.3. The maximum absolute atomic E-state index is 12.7. The Morgan fingerprint density at radius 2 is 2.20 bits per heavy atom. The van der Waals surface area contributed by atoms with Crippen LogP contribution in [-0.4, -0.2) is 45.5 Å². The largest absolute Gasteiger partial charge is 0.495 e. The quantitative estimate of drug-likeness (QED) is 0.914. The Morgan fingerprint density at radius 1 is 1.40 bits per heavy atom. The van der Waals surface area contributed by atoms with Gasteiger partial charge in [-0.3, -0.25) is 0 Å². The SMILES string of the molecule is COc1ccc(S(=O)(=O)N2CC[C@H]3CNC[C@H]32)cc1Cl. The van der Waals surface area contributed by atoms with E-state index in [-0.39, 0.29) is 10.9 Å². The maximum Gasteiger partial charge on any atom is 0.243 e. The summed E-state index contributed by atoms with van der Waals surface area (Å²) in [7, 11) is -1.98. The van der Waals surface area contributed by atoms with Crippen LogP contribution >= 0.6 is 11.6 Å². The van der Waals surface area contributed by atoms with Gasteiger partial charge in [-0.05, 0) is 37.1 Å². The molecule has 0 aromatic heterocycles. The highest BCUT2D eigenvalue weighted by atomic mass is 35.5. The number of rotatable bonds is 3. The summed E-state index contributed by atoms with van der Waals surface area (Å²) in [4.78, 5) is 0.232. The second-order valence-corrected chi connectivity index (χ2v) is 7.48. The summed E-state index contributed by atoms with van der Waals surface area (Å²) in [6.07, 6.45) is 0.917. The molecule has 3 rings (SSSR count). The summed E-state index contributed by atoms with van der Waals surface area (Å²) >= 11 is 6.03. The first-order valence-corrected chi connectivity index (χ1v) is 8.42. The van der Waals surface area contributed by atoms with Crippen molar-refractivity contribution in [1.29, 1.82) is 0 Å². The highest BCUT2D eigenvalue weighted by Crippen LogP contribution is 2.34. The molecule has 0 aliphatic carbocycles. The minimum atomic E-state index is -3.49. The molecule has 2 aliphatic heterocycles. The number of fused-ring (bicyclic) bond motifs is 1. The van der Waals surface area contributed by atoms with Gasteiger partial charge in [0.05, 0.1) is 17.0 Å². The Balaban J connectivity index is 1.94. The van der Waals surface area contributed by atoms with Crippen LogP contribution in [0.5, 0.6) is 5.75 Å².